The lowest BCUT2D eigenvalue weighted by Crippen LogP contribution is -2.33. The highest BCUT2D eigenvalue weighted by Gasteiger charge is 2.33. The van der Waals surface area contributed by atoms with Gasteiger partial charge in [-0.15, -0.1) is 0 Å². The van der Waals surface area contributed by atoms with Crippen LogP contribution in [0.5, 0.6) is 5.75 Å². The fourth-order valence-corrected chi connectivity index (χ4v) is 3.59. The molecule has 0 radical (unpaired) electrons. The van der Waals surface area contributed by atoms with Crippen LogP contribution in [0.4, 0.5) is 18.9 Å². The van der Waals surface area contributed by atoms with Crippen molar-refractivity contribution in [2.24, 2.45) is 5.73 Å². The number of fused-ring (bicyclic) bond motifs is 1. The Bertz CT molecular complexity index is 1450. The average Bonchev–Trinajstić information content (AvgIpc) is 3.32. The lowest BCUT2D eigenvalue weighted by molar-refractivity contribution is -0.141. The molecule has 0 aliphatic rings. The molecule has 1 atom stereocenters. The molecule has 2 amide bonds. The highest BCUT2D eigenvalue weighted by molar-refractivity contribution is 6.00. The number of nitrogens with zero attached hydrogens (tertiary/aromatic N) is 2. The number of methoxy groups -OCH3 is 1. The molecule has 37 heavy (non-hydrogen) atoms. The first-order chi connectivity index (χ1) is 17.6. The van der Waals surface area contributed by atoms with E-state index in [1.165, 1.54) is 25.3 Å². The number of hydrogen-bond donors (Lipinski definition) is 3. The summed E-state index contributed by atoms with van der Waals surface area (Å²) < 4.78 is 50.7. The summed E-state index contributed by atoms with van der Waals surface area (Å²) in [6, 6.07) is 13.0. The smallest absolute Gasteiger partial charge is 0.433 e. The molecule has 0 saturated heterocycles. The van der Waals surface area contributed by atoms with Gasteiger partial charge in [0, 0.05) is 16.6 Å². The number of benzene rings is 2. The van der Waals surface area contributed by atoms with E-state index in [-0.39, 0.29) is 46.1 Å². The van der Waals surface area contributed by atoms with E-state index in [0.29, 0.717) is 5.69 Å². The first kappa shape index (κ1) is 25.6. The van der Waals surface area contributed by atoms with Gasteiger partial charge in [-0.2, -0.15) is 13.2 Å². The molecule has 192 valence electrons. The van der Waals surface area contributed by atoms with E-state index in [1.54, 1.807) is 37.3 Å². The molecule has 4 aromatic rings. The number of nitrogens with one attached hydrogen (secondary N) is 2. The van der Waals surface area contributed by atoms with Crippen LogP contribution in [-0.2, 0) is 11.0 Å². The van der Waals surface area contributed by atoms with Gasteiger partial charge in [0.25, 0.3) is 5.91 Å². The Kier molecular flexibility index (Phi) is 7.11. The predicted molar refractivity (Wildman–Crippen MR) is 129 cm³/mol. The van der Waals surface area contributed by atoms with Gasteiger partial charge in [-0.25, -0.2) is 9.97 Å². The summed E-state index contributed by atoms with van der Waals surface area (Å²) in [5.74, 6) is -1.06. The Labute approximate surface area is 208 Å². The first-order valence-electron chi connectivity index (χ1n) is 11.0. The number of carbonyl (C=O) groups is 2. The molecule has 2 aromatic carbocycles. The van der Waals surface area contributed by atoms with Crippen molar-refractivity contribution in [2.45, 2.75) is 19.1 Å². The van der Waals surface area contributed by atoms with Gasteiger partial charge in [-0.05, 0) is 43.3 Å². The molecule has 2 heterocycles. The highest BCUT2D eigenvalue weighted by Crippen LogP contribution is 2.37. The summed E-state index contributed by atoms with van der Waals surface area (Å²) in [4.78, 5) is 33.0. The molecular formula is C25H22F3N5O4. The molecule has 0 fully saturated rings. The van der Waals surface area contributed by atoms with Crippen molar-refractivity contribution in [1.82, 2.24) is 15.3 Å². The molecule has 4 N–H and O–H groups in total. The van der Waals surface area contributed by atoms with Crippen LogP contribution in [0.15, 0.2) is 59.0 Å². The fourth-order valence-electron chi connectivity index (χ4n) is 3.59. The number of halogens is 3. The Hall–Kier alpha value is -4.45. The van der Waals surface area contributed by atoms with Gasteiger partial charge in [0.2, 0.25) is 11.8 Å². The lowest BCUT2D eigenvalue weighted by atomic mass is 10.1. The molecule has 0 saturated carbocycles. The van der Waals surface area contributed by atoms with E-state index in [9.17, 15) is 22.8 Å². The molecule has 0 bridgehead atoms. The lowest BCUT2D eigenvalue weighted by Gasteiger charge is -2.11. The second-order valence-electron chi connectivity index (χ2n) is 8.02. The number of para-hydroxylation sites is 1. The zero-order valence-corrected chi connectivity index (χ0v) is 19.7. The van der Waals surface area contributed by atoms with Crippen molar-refractivity contribution in [2.75, 3.05) is 19.0 Å². The van der Waals surface area contributed by atoms with Crippen LogP contribution in [0.2, 0.25) is 0 Å². The zero-order chi connectivity index (χ0) is 26.7. The summed E-state index contributed by atoms with van der Waals surface area (Å²) in [5, 5.41) is 5.38. The van der Waals surface area contributed by atoms with Gasteiger partial charge >= 0.3 is 6.18 Å². The Balaban J connectivity index is 1.65. The van der Waals surface area contributed by atoms with Crippen molar-refractivity contribution in [3.8, 4) is 17.2 Å². The predicted octanol–water partition coefficient (Wildman–Crippen LogP) is 4.31. The second kappa shape index (κ2) is 10.3. The number of pyridine rings is 1. The normalized spacial score (nSPS) is 12.3. The number of amides is 2. The average molecular weight is 513 g/mol. The van der Waals surface area contributed by atoms with Crippen LogP contribution in [0.1, 0.15) is 34.9 Å². The second-order valence-corrected chi connectivity index (χ2v) is 8.02. The molecule has 9 nitrogen and oxygen atoms in total. The molecular weight excluding hydrogens is 491 g/mol. The van der Waals surface area contributed by atoms with Crippen LogP contribution >= 0.6 is 0 Å². The molecule has 4 rings (SSSR count). The first-order valence-corrected chi connectivity index (χ1v) is 11.0. The fraction of sp³-hybridized carbons (Fsp3) is 0.200. The van der Waals surface area contributed by atoms with Crippen molar-refractivity contribution in [3.63, 3.8) is 0 Å². The standard InChI is InChI=1S/C25H22F3N5O4/c1-13(29)22-21(23(35)30-12-19(34)31-14-6-4-3-5-7-14)33-24(37-22)16-8-10-17(36-2)20-15(16)9-11-18(32-20)25(26,27)28/h3-11,13H,12,29H2,1-2H3,(H,30,35)(H,31,34)/t13-/m0/s1. The number of rotatable bonds is 7. The monoisotopic (exact) mass is 513 g/mol. The third-order valence-electron chi connectivity index (χ3n) is 5.31. The van der Waals surface area contributed by atoms with E-state index >= 15 is 0 Å². The molecule has 2 aromatic heterocycles. The zero-order valence-electron chi connectivity index (χ0n) is 19.7. The summed E-state index contributed by atoms with van der Waals surface area (Å²) in [5.41, 5.74) is 5.52. The quantitative estimate of drug-likeness (QED) is 0.336. The van der Waals surface area contributed by atoms with Crippen molar-refractivity contribution < 1.29 is 31.9 Å². The summed E-state index contributed by atoms with van der Waals surface area (Å²) in [7, 11) is 1.31. The number of aromatic nitrogens is 2. The van der Waals surface area contributed by atoms with Crippen molar-refractivity contribution in [3.05, 3.63) is 71.7 Å². The minimum Gasteiger partial charge on any atom is -0.494 e. The minimum absolute atomic E-state index is 0.0415. The number of oxazole rings is 1. The van der Waals surface area contributed by atoms with Crippen molar-refractivity contribution >= 4 is 28.4 Å². The van der Waals surface area contributed by atoms with Crippen LogP contribution in [0, 0.1) is 0 Å². The van der Waals surface area contributed by atoms with Gasteiger partial charge < -0.3 is 25.5 Å². The third-order valence-corrected chi connectivity index (χ3v) is 5.31. The number of ether oxygens (including phenoxy) is 1. The topological polar surface area (TPSA) is 132 Å². The summed E-state index contributed by atoms with van der Waals surface area (Å²) in [6.07, 6.45) is -4.65. The van der Waals surface area contributed by atoms with Gasteiger partial charge in [-0.3, -0.25) is 9.59 Å². The van der Waals surface area contributed by atoms with E-state index in [1.807, 2.05) is 0 Å². The largest absolute Gasteiger partial charge is 0.494 e. The van der Waals surface area contributed by atoms with E-state index in [4.69, 9.17) is 14.9 Å². The van der Waals surface area contributed by atoms with E-state index < -0.39 is 29.7 Å². The SMILES string of the molecule is COc1ccc(-c2nc(C(=O)NCC(=O)Nc3ccccc3)c([C@H](C)N)o2)c2ccc(C(F)(F)F)nc12. The number of nitrogens with two attached hydrogens (primary N) is 1. The minimum atomic E-state index is -4.65. The summed E-state index contributed by atoms with van der Waals surface area (Å²) >= 11 is 0. The summed E-state index contributed by atoms with van der Waals surface area (Å²) in [6.45, 7) is 1.23. The Morgan fingerprint density at radius 3 is 2.46 bits per heavy atom. The van der Waals surface area contributed by atoms with Crippen LogP contribution in [0.25, 0.3) is 22.4 Å². The molecule has 0 spiro atoms. The third kappa shape index (κ3) is 5.54. The number of carbonyl (C=O) groups excluding carboxylic acids is 2. The number of anilines is 1. The van der Waals surface area contributed by atoms with E-state index in [0.717, 1.165) is 6.07 Å². The number of hydrogen-bond acceptors (Lipinski definition) is 7. The maximum Gasteiger partial charge on any atom is 0.433 e. The molecule has 0 aliphatic heterocycles. The van der Waals surface area contributed by atoms with Crippen molar-refractivity contribution in [1.29, 1.82) is 0 Å². The maximum atomic E-state index is 13.2. The van der Waals surface area contributed by atoms with Crippen LogP contribution in [-0.4, -0.2) is 35.4 Å². The number of alkyl halides is 3. The van der Waals surface area contributed by atoms with Gasteiger partial charge in [0.05, 0.1) is 19.7 Å². The van der Waals surface area contributed by atoms with Crippen LogP contribution < -0.4 is 21.1 Å². The van der Waals surface area contributed by atoms with Gasteiger partial charge in [0.1, 0.15) is 17.0 Å². The van der Waals surface area contributed by atoms with Gasteiger partial charge in [0.15, 0.2) is 11.5 Å². The van der Waals surface area contributed by atoms with Crippen LogP contribution in [0.3, 0.4) is 0 Å². The Morgan fingerprint density at radius 1 is 1.08 bits per heavy atom. The highest BCUT2D eigenvalue weighted by atomic mass is 19.4. The molecule has 0 unspecified atom stereocenters. The Morgan fingerprint density at radius 2 is 1.81 bits per heavy atom. The maximum absolute atomic E-state index is 13.2. The molecule has 0 aliphatic carbocycles. The van der Waals surface area contributed by atoms with E-state index in [2.05, 4.69) is 20.6 Å². The molecule has 12 heteroatoms. The van der Waals surface area contributed by atoms with Gasteiger partial charge in [-0.1, -0.05) is 18.2 Å².